The molecule has 0 aliphatic carbocycles. The number of nitrogens with zero attached hydrogens (tertiary/aromatic N) is 2. The molecule has 0 saturated carbocycles. The Hall–Kier alpha value is -2.43. The first kappa shape index (κ1) is 12.6. The van der Waals surface area contributed by atoms with Crippen LogP contribution in [-0.4, -0.2) is 9.97 Å². The maximum Gasteiger partial charge on any atom is 0.416 e. The van der Waals surface area contributed by atoms with Crippen LogP contribution in [0.5, 0.6) is 0 Å². The van der Waals surface area contributed by atoms with E-state index in [4.69, 9.17) is 0 Å². The topological polar surface area (TPSA) is 25.8 Å². The molecule has 100 valence electrons. The fourth-order valence-electron chi connectivity index (χ4n) is 1.93. The number of alkyl halides is 3. The van der Waals surface area contributed by atoms with Crippen molar-refractivity contribution in [3.8, 4) is 11.4 Å². The van der Waals surface area contributed by atoms with Gasteiger partial charge in [-0.25, -0.2) is 9.97 Å². The number of aromatic nitrogens is 2. The summed E-state index contributed by atoms with van der Waals surface area (Å²) in [5, 5.41) is 0.581. The summed E-state index contributed by atoms with van der Waals surface area (Å²) in [6, 6.07) is 12.6. The van der Waals surface area contributed by atoms with Gasteiger partial charge < -0.3 is 0 Å². The summed E-state index contributed by atoms with van der Waals surface area (Å²) in [6.45, 7) is 0. The van der Waals surface area contributed by atoms with Crippen LogP contribution >= 0.6 is 0 Å². The predicted octanol–water partition coefficient (Wildman–Crippen LogP) is 4.32. The Morgan fingerprint density at radius 3 is 2.35 bits per heavy atom. The molecule has 0 atom stereocenters. The molecule has 5 heteroatoms. The van der Waals surface area contributed by atoms with E-state index >= 15 is 0 Å². The Morgan fingerprint density at radius 2 is 1.65 bits per heavy atom. The van der Waals surface area contributed by atoms with Crippen LogP contribution in [0.2, 0.25) is 0 Å². The quantitative estimate of drug-likeness (QED) is 0.660. The maximum absolute atomic E-state index is 12.7. The molecule has 1 aromatic heterocycles. The second kappa shape index (κ2) is 4.59. The molecule has 2 aromatic carbocycles. The van der Waals surface area contributed by atoms with E-state index in [1.54, 1.807) is 0 Å². The fraction of sp³-hybridized carbons (Fsp3) is 0.0667. The summed E-state index contributed by atoms with van der Waals surface area (Å²) in [5.41, 5.74) is 0.350. The molecule has 0 radical (unpaired) electrons. The van der Waals surface area contributed by atoms with Crippen molar-refractivity contribution in [1.82, 2.24) is 9.97 Å². The van der Waals surface area contributed by atoms with Gasteiger partial charge in [0.2, 0.25) is 0 Å². The van der Waals surface area contributed by atoms with Gasteiger partial charge in [0, 0.05) is 17.1 Å². The van der Waals surface area contributed by atoms with Crippen molar-refractivity contribution in [2.24, 2.45) is 0 Å². The highest BCUT2D eigenvalue weighted by Crippen LogP contribution is 2.31. The van der Waals surface area contributed by atoms with Crippen molar-refractivity contribution < 1.29 is 13.2 Å². The molecule has 0 unspecified atom stereocenters. The Balaban J connectivity index is 2.14. The average Bonchev–Trinajstić information content (AvgIpc) is 2.46. The van der Waals surface area contributed by atoms with Crippen molar-refractivity contribution in [2.45, 2.75) is 6.18 Å². The van der Waals surface area contributed by atoms with Gasteiger partial charge in [0.05, 0.1) is 11.1 Å². The van der Waals surface area contributed by atoms with Gasteiger partial charge in [0.1, 0.15) is 0 Å². The summed E-state index contributed by atoms with van der Waals surface area (Å²) in [6.07, 6.45) is -2.84. The Morgan fingerprint density at radius 1 is 0.900 bits per heavy atom. The van der Waals surface area contributed by atoms with Crippen molar-refractivity contribution in [3.05, 3.63) is 60.3 Å². The molecule has 0 bridgehead atoms. The maximum atomic E-state index is 12.7. The van der Waals surface area contributed by atoms with Crippen LogP contribution in [0.15, 0.2) is 54.7 Å². The lowest BCUT2D eigenvalue weighted by molar-refractivity contribution is -0.137. The third-order valence-electron chi connectivity index (χ3n) is 2.94. The van der Waals surface area contributed by atoms with Gasteiger partial charge in [-0.05, 0) is 12.1 Å². The highest BCUT2D eigenvalue weighted by Gasteiger charge is 2.30. The van der Waals surface area contributed by atoms with Crippen molar-refractivity contribution in [2.75, 3.05) is 0 Å². The van der Waals surface area contributed by atoms with Gasteiger partial charge in [0.25, 0.3) is 0 Å². The van der Waals surface area contributed by atoms with Gasteiger partial charge >= 0.3 is 6.18 Å². The van der Waals surface area contributed by atoms with Crippen LogP contribution in [0.3, 0.4) is 0 Å². The van der Waals surface area contributed by atoms with Gasteiger partial charge in [0.15, 0.2) is 5.82 Å². The SMILES string of the molecule is FC(F)(F)c1ccc2cnc(-c3ccccc3)nc2c1. The van der Waals surface area contributed by atoms with E-state index in [2.05, 4.69) is 9.97 Å². The summed E-state index contributed by atoms with van der Waals surface area (Å²) in [7, 11) is 0. The van der Waals surface area contributed by atoms with E-state index in [0.29, 0.717) is 11.2 Å². The van der Waals surface area contributed by atoms with Crippen LogP contribution in [0, 0.1) is 0 Å². The molecule has 0 fully saturated rings. The smallest absolute Gasteiger partial charge is 0.236 e. The minimum absolute atomic E-state index is 0.286. The zero-order chi connectivity index (χ0) is 14.2. The molecule has 0 aliphatic rings. The van der Waals surface area contributed by atoms with Crippen molar-refractivity contribution in [3.63, 3.8) is 0 Å². The molecule has 0 N–H and O–H groups in total. The van der Waals surface area contributed by atoms with Gasteiger partial charge in [-0.15, -0.1) is 0 Å². The number of halogens is 3. The molecule has 0 saturated heterocycles. The van der Waals surface area contributed by atoms with Crippen LogP contribution in [0.1, 0.15) is 5.56 Å². The van der Waals surface area contributed by atoms with E-state index in [0.717, 1.165) is 17.7 Å². The number of hydrogen-bond acceptors (Lipinski definition) is 2. The lowest BCUT2D eigenvalue weighted by Crippen LogP contribution is -2.04. The fourth-order valence-corrected chi connectivity index (χ4v) is 1.93. The first-order valence-corrected chi connectivity index (χ1v) is 5.93. The molecule has 3 rings (SSSR count). The van der Waals surface area contributed by atoms with Gasteiger partial charge in [-0.3, -0.25) is 0 Å². The van der Waals surface area contributed by atoms with Crippen LogP contribution in [0.25, 0.3) is 22.3 Å². The molecule has 20 heavy (non-hydrogen) atoms. The Labute approximate surface area is 112 Å². The Bertz CT molecular complexity index is 752. The van der Waals surface area contributed by atoms with Gasteiger partial charge in [-0.1, -0.05) is 36.4 Å². The lowest BCUT2D eigenvalue weighted by Gasteiger charge is -2.08. The van der Waals surface area contributed by atoms with Crippen molar-refractivity contribution >= 4 is 10.9 Å². The summed E-state index contributed by atoms with van der Waals surface area (Å²) >= 11 is 0. The second-order valence-electron chi connectivity index (χ2n) is 4.33. The largest absolute Gasteiger partial charge is 0.416 e. The predicted molar refractivity (Wildman–Crippen MR) is 70.0 cm³/mol. The van der Waals surface area contributed by atoms with Crippen LogP contribution in [0.4, 0.5) is 13.2 Å². The third-order valence-corrected chi connectivity index (χ3v) is 2.94. The first-order chi connectivity index (χ1) is 9.54. The summed E-state index contributed by atoms with van der Waals surface area (Å²) in [4.78, 5) is 8.39. The van der Waals surface area contributed by atoms with Crippen molar-refractivity contribution in [1.29, 1.82) is 0 Å². The number of benzene rings is 2. The number of fused-ring (bicyclic) bond motifs is 1. The number of hydrogen-bond donors (Lipinski definition) is 0. The first-order valence-electron chi connectivity index (χ1n) is 5.93. The van der Waals surface area contributed by atoms with E-state index in [9.17, 15) is 13.2 Å². The summed E-state index contributed by atoms with van der Waals surface area (Å²) < 4.78 is 38.1. The average molecular weight is 274 g/mol. The molecule has 3 aromatic rings. The molecule has 2 nitrogen and oxygen atoms in total. The molecular formula is C15H9F3N2. The normalized spacial score (nSPS) is 11.8. The van der Waals surface area contributed by atoms with Crippen LogP contribution in [-0.2, 0) is 6.18 Å². The molecule has 0 amide bonds. The molecular weight excluding hydrogens is 265 g/mol. The standard InChI is InChI=1S/C15H9F3N2/c16-15(17,18)12-7-6-11-9-19-14(20-13(11)8-12)10-4-2-1-3-5-10/h1-9H. The lowest BCUT2D eigenvalue weighted by atomic mass is 10.1. The zero-order valence-corrected chi connectivity index (χ0v) is 10.2. The van der Waals surface area contributed by atoms with E-state index < -0.39 is 11.7 Å². The molecule has 1 heterocycles. The molecule has 0 aliphatic heterocycles. The molecule has 0 spiro atoms. The van der Waals surface area contributed by atoms with Crippen LogP contribution < -0.4 is 0 Å². The zero-order valence-electron chi connectivity index (χ0n) is 10.2. The third kappa shape index (κ3) is 2.34. The van der Waals surface area contributed by atoms with E-state index in [1.165, 1.54) is 12.3 Å². The van der Waals surface area contributed by atoms with E-state index in [-0.39, 0.29) is 5.52 Å². The highest BCUT2D eigenvalue weighted by molar-refractivity contribution is 5.80. The second-order valence-corrected chi connectivity index (χ2v) is 4.33. The number of rotatable bonds is 1. The monoisotopic (exact) mass is 274 g/mol. The Kier molecular flexibility index (Phi) is 2.89. The summed E-state index contributed by atoms with van der Waals surface area (Å²) in [5.74, 6) is 0.414. The van der Waals surface area contributed by atoms with E-state index in [1.807, 2.05) is 30.3 Å². The minimum atomic E-state index is -4.37. The minimum Gasteiger partial charge on any atom is -0.236 e. The van der Waals surface area contributed by atoms with Gasteiger partial charge in [-0.2, -0.15) is 13.2 Å². The highest BCUT2D eigenvalue weighted by atomic mass is 19.4.